The molecular weight excluding hydrogens is 284 g/mol. The molecule has 1 aliphatic heterocycles. The first-order chi connectivity index (χ1) is 10.3. The van der Waals surface area contributed by atoms with Gasteiger partial charge in [-0.2, -0.15) is 0 Å². The van der Waals surface area contributed by atoms with E-state index in [1.165, 1.54) is 0 Å². The van der Waals surface area contributed by atoms with Gasteiger partial charge in [0.25, 0.3) is 0 Å². The first kappa shape index (κ1) is 14.0. The number of hydrogen-bond acceptors (Lipinski definition) is 4. The average Bonchev–Trinajstić information content (AvgIpc) is 2.55. The third-order valence-corrected chi connectivity index (χ3v) is 4.37. The number of hydrogen-bond donors (Lipinski definition) is 0. The number of carbonyl (C=O) groups is 1. The minimum absolute atomic E-state index is 0.0139. The molecule has 0 amide bonds. The minimum atomic E-state index is -0.428. The monoisotopic (exact) mass is 300 g/mol. The van der Waals surface area contributed by atoms with Crippen LogP contribution >= 0.6 is 11.8 Å². The van der Waals surface area contributed by atoms with Crippen molar-refractivity contribution in [2.24, 2.45) is 0 Å². The number of rotatable bonds is 4. The van der Waals surface area contributed by atoms with Crippen molar-refractivity contribution < 1.29 is 14.3 Å². The fraction of sp³-hybridized carbons (Fsp3) is 0.235. The van der Waals surface area contributed by atoms with Crippen LogP contribution in [0.3, 0.4) is 0 Å². The summed E-state index contributed by atoms with van der Waals surface area (Å²) in [5.41, 5.74) is 0.656. The zero-order valence-corrected chi connectivity index (χ0v) is 12.6. The van der Waals surface area contributed by atoms with Crippen molar-refractivity contribution in [2.45, 2.75) is 17.9 Å². The summed E-state index contributed by atoms with van der Waals surface area (Å²) in [5, 5.41) is 0. The molecule has 21 heavy (non-hydrogen) atoms. The zero-order valence-electron chi connectivity index (χ0n) is 11.7. The summed E-state index contributed by atoms with van der Waals surface area (Å²) in [6.07, 6.45) is -0.428. The molecule has 1 aliphatic rings. The summed E-state index contributed by atoms with van der Waals surface area (Å²) in [7, 11) is 0. The summed E-state index contributed by atoms with van der Waals surface area (Å²) >= 11 is 1.66. The van der Waals surface area contributed by atoms with Crippen molar-refractivity contribution in [1.82, 2.24) is 0 Å². The molecule has 2 aromatic rings. The molecule has 108 valence electrons. The lowest BCUT2D eigenvalue weighted by Gasteiger charge is -2.24. The van der Waals surface area contributed by atoms with Crippen LogP contribution in [-0.4, -0.2) is 24.2 Å². The lowest BCUT2D eigenvalue weighted by atomic mass is 10.1. The second-order valence-corrected chi connectivity index (χ2v) is 5.75. The lowest BCUT2D eigenvalue weighted by molar-refractivity contribution is 0.0815. The molecule has 0 bridgehead atoms. The van der Waals surface area contributed by atoms with Crippen molar-refractivity contribution in [3.63, 3.8) is 0 Å². The van der Waals surface area contributed by atoms with Gasteiger partial charge in [0.1, 0.15) is 11.5 Å². The van der Waals surface area contributed by atoms with Gasteiger partial charge >= 0.3 is 0 Å². The van der Waals surface area contributed by atoms with Gasteiger partial charge in [-0.1, -0.05) is 12.1 Å². The Kier molecular flexibility index (Phi) is 4.15. The summed E-state index contributed by atoms with van der Waals surface area (Å²) in [5.74, 6) is 2.22. The van der Waals surface area contributed by atoms with E-state index in [9.17, 15) is 4.79 Å². The first-order valence-electron chi connectivity index (χ1n) is 6.93. The van der Waals surface area contributed by atoms with Gasteiger partial charge in [0, 0.05) is 16.2 Å². The molecule has 0 saturated heterocycles. The maximum Gasteiger partial charge on any atom is 0.204 e. The van der Waals surface area contributed by atoms with E-state index in [0.717, 1.165) is 16.4 Å². The smallest absolute Gasteiger partial charge is 0.204 e. The first-order valence-corrected chi connectivity index (χ1v) is 7.92. The van der Waals surface area contributed by atoms with Gasteiger partial charge in [0.05, 0.1) is 6.61 Å². The maximum atomic E-state index is 12.5. The summed E-state index contributed by atoms with van der Waals surface area (Å²) < 4.78 is 11.2. The number of para-hydroxylation sites is 1. The highest BCUT2D eigenvalue weighted by Crippen LogP contribution is 2.35. The summed E-state index contributed by atoms with van der Waals surface area (Å²) in [6.45, 7) is 2.55. The van der Waals surface area contributed by atoms with Gasteiger partial charge in [0.2, 0.25) is 5.78 Å². The lowest BCUT2D eigenvalue weighted by Crippen LogP contribution is -2.32. The predicted molar refractivity (Wildman–Crippen MR) is 83.5 cm³/mol. The molecule has 0 spiro atoms. The standard InChI is InChI=1S/C17H16O3S/c1-2-19-13-9-7-12(8-10-13)17(18)15-11-21-16-6-4-3-5-14(16)20-15/h3-10,15H,2,11H2,1H3. The van der Waals surface area contributed by atoms with Crippen LogP contribution in [0.5, 0.6) is 11.5 Å². The van der Waals surface area contributed by atoms with E-state index in [4.69, 9.17) is 9.47 Å². The maximum absolute atomic E-state index is 12.5. The van der Waals surface area contributed by atoms with Gasteiger partial charge in [-0.3, -0.25) is 4.79 Å². The van der Waals surface area contributed by atoms with E-state index in [0.29, 0.717) is 17.9 Å². The third-order valence-electron chi connectivity index (χ3n) is 3.25. The van der Waals surface area contributed by atoms with Crippen LogP contribution < -0.4 is 9.47 Å². The van der Waals surface area contributed by atoms with Crippen LogP contribution in [0.2, 0.25) is 0 Å². The Hall–Kier alpha value is -1.94. The highest BCUT2D eigenvalue weighted by molar-refractivity contribution is 7.99. The molecule has 3 rings (SSSR count). The minimum Gasteiger partial charge on any atom is -0.494 e. The van der Waals surface area contributed by atoms with E-state index >= 15 is 0 Å². The molecule has 0 fully saturated rings. The number of fused-ring (bicyclic) bond motifs is 1. The van der Waals surface area contributed by atoms with Gasteiger partial charge in [0.15, 0.2) is 6.10 Å². The molecule has 1 heterocycles. The molecule has 3 nitrogen and oxygen atoms in total. The van der Waals surface area contributed by atoms with E-state index < -0.39 is 6.10 Å². The molecule has 0 saturated carbocycles. The second-order valence-electron chi connectivity index (χ2n) is 4.69. The Bertz CT molecular complexity index is 637. The number of carbonyl (C=O) groups excluding carboxylic acids is 1. The van der Waals surface area contributed by atoms with E-state index in [1.807, 2.05) is 43.3 Å². The van der Waals surface area contributed by atoms with Gasteiger partial charge in [-0.15, -0.1) is 11.8 Å². The molecule has 4 heteroatoms. The fourth-order valence-electron chi connectivity index (χ4n) is 2.22. The fourth-order valence-corrected chi connectivity index (χ4v) is 3.20. The zero-order chi connectivity index (χ0) is 14.7. The SMILES string of the molecule is CCOc1ccc(C(=O)C2CSc3ccccc3O2)cc1. The van der Waals surface area contributed by atoms with Crippen molar-refractivity contribution in [3.8, 4) is 11.5 Å². The molecule has 0 N–H and O–H groups in total. The van der Waals surface area contributed by atoms with E-state index in [-0.39, 0.29) is 5.78 Å². The molecule has 1 unspecified atom stereocenters. The number of ketones is 1. The summed E-state index contributed by atoms with van der Waals surface area (Å²) in [6, 6.07) is 15.0. The number of benzene rings is 2. The Morgan fingerprint density at radius 1 is 1.24 bits per heavy atom. The molecule has 2 aromatic carbocycles. The van der Waals surface area contributed by atoms with Crippen LogP contribution in [0.4, 0.5) is 0 Å². The quantitative estimate of drug-likeness (QED) is 0.804. The normalized spacial score (nSPS) is 16.7. The van der Waals surface area contributed by atoms with Crippen LogP contribution in [0.1, 0.15) is 17.3 Å². The van der Waals surface area contributed by atoms with Gasteiger partial charge in [-0.25, -0.2) is 0 Å². The van der Waals surface area contributed by atoms with Crippen LogP contribution in [-0.2, 0) is 0 Å². The number of ether oxygens (including phenoxy) is 2. The third kappa shape index (κ3) is 3.05. The Morgan fingerprint density at radius 2 is 2.00 bits per heavy atom. The summed E-state index contributed by atoms with van der Waals surface area (Å²) in [4.78, 5) is 13.6. The van der Waals surface area contributed by atoms with Crippen molar-refractivity contribution in [2.75, 3.05) is 12.4 Å². The van der Waals surface area contributed by atoms with E-state index in [1.54, 1.807) is 23.9 Å². The topological polar surface area (TPSA) is 35.5 Å². The highest BCUT2D eigenvalue weighted by atomic mass is 32.2. The van der Waals surface area contributed by atoms with Crippen molar-refractivity contribution >= 4 is 17.5 Å². The average molecular weight is 300 g/mol. The molecular formula is C17H16O3S. The number of Topliss-reactive ketones (excluding diaryl/α,β-unsaturated/α-hetero) is 1. The van der Waals surface area contributed by atoms with Crippen LogP contribution in [0.25, 0.3) is 0 Å². The molecule has 1 atom stereocenters. The Labute approximate surface area is 128 Å². The molecule has 0 aliphatic carbocycles. The molecule has 0 radical (unpaired) electrons. The van der Waals surface area contributed by atoms with Gasteiger partial charge < -0.3 is 9.47 Å². The van der Waals surface area contributed by atoms with Crippen LogP contribution in [0, 0.1) is 0 Å². The largest absolute Gasteiger partial charge is 0.494 e. The highest BCUT2D eigenvalue weighted by Gasteiger charge is 2.27. The van der Waals surface area contributed by atoms with Crippen LogP contribution in [0.15, 0.2) is 53.4 Å². The van der Waals surface area contributed by atoms with Gasteiger partial charge in [-0.05, 0) is 43.3 Å². The van der Waals surface area contributed by atoms with Crippen molar-refractivity contribution in [1.29, 1.82) is 0 Å². The predicted octanol–water partition coefficient (Wildman–Crippen LogP) is 3.82. The molecule has 0 aromatic heterocycles. The number of thioether (sulfide) groups is 1. The second kappa shape index (κ2) is 6.22. The van der Waals surface area contributed by atoms with E-state index in [2.05, 4.69) is 0 Å². The Morgan fingerprint density at radius 3 is 2.76 bits per heavy atom. The Balaban J connectivity index is 1.74. The van der Waals surface area contributed by atoms with Crippen molar-refractivity contribution in [3.05, 3.63) is 54.1 Å².